The maximum atomic E-state index is 12.8. The molecule has 0 aromatic heterocycles. The summed E-state index contributed by atoms with van der Waals surface area (Å²) in [7, 11) is 3.79. The van der Waals surface area contributed by atoms with Crippen molar-refractivity contribution in [2.75, 3.05) is 53.4 Å². The SMILES string of the molecule is COc1ccc(OC2CCN(C(=O)[C@H](C)N3CCN(C)CC3)CC2)cc1. The molecule has 1 aromatic rings. The average Bonchev–Trinajstić information content (AvgIpc) is 2.69. The first-order chi connectivity index (χ1) is 12.6. The maximum Gasteiger partial charge on any atom is 0.239 e. The summed E-state index contributed by atoms with van der Waals surface area (Å²) in [5.74, 6) is 1.95. The number of likely N-dealkylation sites (tertiary alicyclic amines) is 1. The Morgan fingerprint density at radius 2 is 1.58 bits per heavy atom. The zero-order chi connectivity index (χ0) is 18.5. The quantitative estimate of drug-likeness (QED) is 0.799. The van der Waals surface area contributed by atoms with E-state index in [4.69, 9.17) is 9.47 Å². The highest BCUT2D eigenvalue weighted by molar-refractivity contribution is 5.81. The van der Waals surface area contributed by atoms with Crippen LogP contribution < -0.4 is 9.47 Å². The number of hydrogen-bond acceptors (Lipinski definition) is 5. The Labute approximate surface area is 156 Å². The van der Waals surface area contributed by atoms with Crippen LogP contribution in [0.3, 0.4) is 0 Å². The molecule has 0 spiro atoms. The zero-order valence-electron chi connectivity index (χ0n) is 16.2. The van der Waals surface area contributed by atoms with E-state index in [-0.39, 0.29) is 18.1 Å². The summed E-state index contributed by atoms with van der Waals surface area (Å²) in [4.78, 5) is 19.5. The van der Waals surface area contributed by atoms with Gasteiger partial charge in [0.05, 0.1) is 13.2 Å². The van der Waals surface area contributed by atoms with Crippen molar-refractivity contribution in [2.45, 2.75) is 31.9 Å². The van der Waals surface area contributed by atoms with Gasteiger partial charge in [-0.25, -0.2) is 0 Å². The number of ether oxygens (including phenoxy) is 2. The van der Waals surface area contributed by atoms with E-state index in [1.807, 2.05) is 36.1 Å². The normalized spacial score (nSPS) is 21.4. The summed E-state index contributed by atoms with van der Waals surface area (Å²) in [5, 5.41) is 0. The molecule has 3 rings (SSSR count). The summed E-state index contributed by atoms with van der Waals surface area (Å²) >= 11 is 0. The average molecular weight is 361 g/mol. The van der Waals surface area contributed by atoms with E-state index in [2.05, 4.69) is 16.8 Å². The number of carbonyl (C=O) groups excluding carboxylic acids is 1. The minimum atomic E-state index is -0.0252. The van der Waals surface area contributed by atoms with Gasteiger partial charge in [-0.1, -0.05) is 0 Å². The number of piperazine rings is 1. The molecule has 1 aromatic carbocycles. The second-order valence-electron chi connectivity index (χ2n) is 7.33. The highest BCUT2D eigenvalue weighted by Gasteiger charge is 2.30. The third-order valence-corrected chi connectivity index (χ3v) is 5.56. The summed E-state index contributed by atoms with van der Waals surface area (Å²) in [6.07, 6.45) is 1.94. The first-order valence-corrected chi connectivity index (χ1v) is 9.59. The minimum absolute atomic E-state index is 0.0252. The molecule has 6 heteroatoms. The molecule has 1 amide bonds. The third-order valence-electron chi connectivity index (χ3n) is 5.56. The number of nitrogens with zero attached hydrogens (tertiary/aromatic N) is 3. The molecule has 6 nitrogen and oxygen atoms in total. The van der Waals surface area contributed by atoms with E-state index < -0.39 is 0 Å². The standard InChI is InChI=1S/C20H31N3O3/c1-16(22-14-12-21(2)13-15-22)20(24)23-10-8-19(9-11-23)26-18-6-4-17(25-3)5-7-18/h4-7,16,19H,8-15H2,1-3H3/t16-/m0/s1. The van der Waals surface area contributed by atoms with Gasteiger partial charge in [0.2, 0.25) is 5.91 Å². The van der Waals surface area contributed by atoms with E-state index in [1.54, 1.807) is 7.11 Å². The lowest BCUT2D eigenvalue weighted by atomic mass is 10.1. The second kappa shape index (κ2) is 8.73. The molecule has 0 saturated carbocycles. The van der Waals surface area contributed by atoms with Gasteiger partial charge in [0, 0.05) is 52.1 Å². The van der Waals surface area contributed by atoms with Gasteiger partial charge in [0.15, 0.2) is 0 Å². The molecule has 0 bridgehead atoms. The first kappa shape index (κ1) is 19.0. The Bertz CT molecular complexity index is 576. The number of methoxy groups -OCH3 is 1. The number of piperidine rings is 1. The van der Waals surface area contributed by atoms with Crippen molar-refractivity contribution in [1.29, 1.82) is 0 Å². The predicted octanol–water partition coefficient (Wildman–Crippen LogP) is 1.70. The maximum absolute atomic E-state index is 12.8. The fraction of sp³-hybridized carbons (Fsp3) is 0.650. The Hall–Kier alpha value is -1.79. The smallest absolute Gasteiger partial charge is 0.239 e. The molecular weight excluding hydrogens is 330 g/mol. The molecule has 2 aliphatic heterocycles. The summed E-state index contributed by atoms with van der Waals surface area (Å²) in [5.41, 5.74) is 0. The Morgan fingerprint density at radius 1 is 1.00 bits per heavy atom. The number of amides is 1. The van der Waals surface area contributed by atoms with E-state index in [0.717, 1.165) is 63.6 Å². The molecule has 144 valence electrons. The Balaban J connectivity index is 1.45. The van der Waals surface area contributed by atoms with Gasteiger partial charge in [-0.3, -0.25) is 9.69 Å². The zero-order valence-corrected chi connectivity index (χ0v) is 16.2. The van der Waals surface area contributed by atoms with Gasteiger partial charge >= 0.3 is 0 Å². The monoisotopic (exact) mass is 361 g/mol. The topological polar surface area (TPSA) is 45.3 Å². The lowest BCUT2D eigenvalue weighted by Crippen LogP contribution is -2.55. The number of likely N-dealkylation sites (N-methyl/N-ethyl adjacent to an activating group) is 1. The van der Waals surface area contributed by atoms with Crippen molar-refractivity contribution in [3.05, 3.63) is 24.3 Å². The van der Waals surface area contributed by atoms with Gasteiger partial charge in [0.25, 0.3) is 0 Å². The van der Waals surface area contributed by atoms with Crippen LogP contribution in [0.4, 0.5) is 0 Å². The summed E-state index contributed by atoms with van der Waals surface area (Å²) < 4.78 is 11.2. The number of rotatable bonds is 5. The largest absolute Gasteiger partial charge is 0.497 e. The molecule has 2 saturated heterocycles. The minimum Gasteiger partial charge on any atom is -0.497 e. The van der Waals surface area contributed by atoms with E-state index >= 15 is 0 Å². The van der Waals surface area contributed by atoms with Crippen molar-refractivity contribution in [1.82, 2.24) is 14.7 Å². The predicted molar refractivity (Wildman–Crippen MR) is 102 cm³/mol. The second-order valence-corrected chi connectivity index (χ2v) is 7.33. The van der Waals surface area contributed by atoms with Crippen LogP contribution in [0.15, 0.2) is 24.3 Å². The third kappa shape index (κ3) is 4.68. The van der Waals surface area contributed by atoms with Crippen LogP contribution >= 0.6 is 0 Å². The first-order valence-electron chi connectivity index (χ1n) is 9.59. The molecule has 1 atom stereocenters. The van der Waals surface area contributed by atoms with Crippen LogP contribution in [-0.2, 0) is 4.79 Å². The van der Waals surface area contributed by atoms with Crippen LogP contribution in [-0.4, -0.2) is 86.2 Å². The van der Waals surface area contributed by atoms with Gasteiger partial charge in [0.1, 0.15) is 17.6 Å². The Morgan fingerprint density at radius 3 is 2.15 bits per heavy atom. The van der Waals surface area contributed by atoms with Crippen LogP contribution in [0.5, 0.6) is 11.5 Å². The van der Waals surface area contributed by atoms with E-state index in [9.17, 15) is 4.79 Å². The fourth-order valence-electron chi connectivity index (χ4n) is 3.67. The lowest BCUT2D eigenvalue weighted by molar-refractivity contribution is -0.138. The summed E-state index contributed by atoms with van der Waals surface area (Å²) in [6, 6.07) is 7.66. The fourth-order valence-corrected chi connectivity index (χ4v) is 3.67. The molecule has 0 unspecified atom stereocenters. The highest BCUT2D eigenvalue weighted by atomic mass is 16.5. The van der Waals surface area contributed by atoms with Crippen molar-refractivity contribution >= 4 is 5.91 Å². The van der Waals surface area contributed by atoms with Gasteiger partial charge in [-0.05, 0) is 38.2 Å². The van der Waals surface area contributed by atoms with Crippen molar-refractivity contribution in [2.24, 2.45) is 0 Å². The van der Waals surface area contributed by atoms with Crippen molar-refractivity contribution in [3.8, 4) is 11.5 Å². The number of benzene rings is 1. The van der Waals surface area contributed by atoms with Gasteiger partial charge in [-0.15, -0.1) is 0 Å². The van der Waals surface area contributed by atoms with E-state index in [0.29, 0.717) is 0 Å². The molecule has 2 fully saturated rings. The van der Waals surface area contributed by atoms with Crippen molar-refractivity contribution in [3.63, 3.8) is 0 Å². The van der Waals surface area contributed by atoms with Crippen LogP contribution in [0.2, 0.25) is 0 Å². The molecule has 2 aliphatic rings. The van der Waals surface area contributed by atoms with Gasteiger partial charge < -0.3 is 19.3 Å². The van der Waals surface area contributed by atoms with Crippen LogP contribution in [0.25, 0.3) is 0 Å². The molecule has 0 N–H and O–H groups in total. The Kier molecular flexibility index (Phi) is 6.38. The number of carbonyl (C=O) groups is 1. The molecular formula is C20H31N3O3. The lowest BCUT2D eigenvalue weighted by Gasteiger charge is -2.39. The highest BCUT2D eigenvalue weighted by Crippen LogP contribution is 2.22. The molecule has 2 heterocycles. The van der Waals surface area contributed by atoms with Gasteiger partial charge in [-0.2, -0.15) is 0 Å². The number of hydrogen-bond donors (Lipinski definition) is 0. The summed E-state index contributed by atoms with van der Waals surface area (Å²) in [6.45, 7) is 7.62. The van der Waals surface area contributed by atoms with Crippen LogP contribution in [0.1, 0.15) is 19.8 Å². The molecule has 0 aliphatic carbocycles. The van der Waals surface area contributed by atoms with E-state index in [1.165, 1.54) is 0 Å². The molecule has 26 heavy (non-hydrogen) atoms. The molecule has 0 radical (unpaired) electrons. The van der Waals surface area contributed by atoms with Crippen LogP contribution in [0, 0.1) is 0 Å². The van der Waals surface area contributed by atoms with Crippen molar-refractivity contribution < 1.29 is 14.3 Å².